The molecule has 0 amide bonds. The zero-order valence-electron chi connectivity index (χ0n) is 18.5. The molecular weight excluding hydrogens is 434 g/mol. The van der Waals surface area contributed by atoms with Crippen molar-refractivity contribution in [3.8, 4) is 0 Å². The zero-order valence-corrected chi connectivity index (χ0v) is 20.1. The molecule has 3 aromatic rings. The van der Waals surface area contributed by atoms with Gasteiger partial charge in [-0.3, -0.25) is 0 Å². The molecule has 31 heavy (non-hydrogen) atoms. The van der Waals surface area contributed by atoms with Crippen LogP contribution in [0.25, 0.3) is 11.6 Å². The van der Waals surface area contributed by atoms with Gasteiger partial charge in [0, 0.05) is 22.5 Å². The molecule has 0 bridgehead atoms. The summed E-state index contributed by atoms with van der Waals surface area (Å²) >= 11 is 12.4. The second-order valence-corrected chi connectivity index (χ2v) is 7.65. The summed E-state index contributed by atoms with van der Waals surface area (Å²) < 4.78 is 15.6. The normalized spacial score (nSPS) is 12.2. The number of nitrogen functional groups attached to an aromatic ring is 1. The van der Waals surface area contributed by atoms with E-state index in [-0.39, 0.29) is 5.02 Å². The Morgan fingerprint density at radius 2 is 1.90 bits per heavy atom. The molecule has 2 N–H and O–H groups in total. The van der Waals surface area contributed by atoms with Crippen molar-refractivity contribution in [1.29, 1.82) is 0 Å². The highest BCUT2D eigenvalue weighted by molar-refractivity contribution is 6.36. The molecular formula is C25H29Cl2FN2O. The number of halogens is 3. The number of aromatic nitrogens is 1. The fourth-order valence-electron chi connectivity index (χ4n) is 3.22. The van der Waals surface area contributed by atoms with Gasteiger partial charge in [0.1, 0.15) is 5.82 Å². The van der Waals surface area contributed by atoms with Crippen molar-refractivity contribution in [1.82, 2.24) is 4.73 Å². The number of nitrogens with two attached hydrogens (primary N) is 1. The summed E-state index contributed by atoms with van der Waals surface area (Å²) in [6.07, 6.45) is 4.17. The predicted octanol–water partition coefficient (Wildman–Crippen LogP) is 7.99. The predicted molar refractivity (Wildman–Crippen MR) is 131 cm³/mol. The van der Waals surface area contributed by atoms with Crippen LogP contribution < -0.4 is 10.6 Å². The van der Waals surface area contributed by atoms with E-state index in [4.69, 9.17) is 33.8 Å². The Hall–Kier alpha value is -2.43. The Morgan fingerprint density at radius 3 is 2.55 bits per heavy atom. The number of nitrogens with zero attached hydrogens (tertiary/aromatic N) is 1. The molecule has 1 atom stereocenters. The quantitative estimate of drug-likeness (QED) is 0.297. The van der Waals surface area contributed by atoms with Gasteiger partial charge in [-0.05, 0) is 73.4 Å². The maximum Gasteiger partial charge on any atom is 0.150 e. The van der Waals surface area contributed by atoms with Gasteiger partial charge < -0.3 is 10.6 Å². The van der Waals surface area contributed by atoms with Crippen LogP contribution >= 0.6 is 23.2 Å². The van der Waals surface area contributed by atoms with E-state index in [1.807, 2.05) is 57.3 Å². The van der Waals surface area contributed by atoms with E-state index in [0.29, 0.717) is 16.3 Å². The highest BCUT2D eigenvalue weighted by atomic mass is 35.5. The van der Waals surface area contributed by atoms with Crippen LogP contribution in [0.5, 0.6) is 0 Å². The number of allylic oxidation sites excluding steroid dienone is 1. The first-order valence-electron chi connectivity index (χ1n) is 10.4. The molecule has 1 aromatic heterocycles. The van der Waals surface area contributed by atoms with Crippen LogP contribution in [-0.2, 0) is 0 Å². The number of anilines is 1. The summed E-state index contributed by atoms with van der Waals surface area (Å²) in [5.74, 6) is -0.528. The van der Waals surface area contributed by atoms with Crippen LogP contribution in [0.15, 0.2) is 48.7 Å². The fraction of sp³-hybridized carbons (Fsp3) is 0.280. The molecule has 0 aliphatic heterocycles. The van der Waals surface area contributed by atoms with Gasteiger partial charge in [-0.2, -0.15) is 4.73 Å². The van der Waals surface area contributed by atoms with Gasteiger partial charge in [0.2, 0.25) is 0 Å². The topological polar surface area (TPSA) is 40.2 Å². The molecule has 1 unspecified atom stereocenters. The molecule has 0 aliphatic carbocycles. The maximum atomic E-state index is 13.9. The van der Waals surface area contributed by atoms with Crippen LogP contribution in [0.3, 0.4) is 0 Å². The lowest BCUT2D eigenvalue weighted by molar-refractivity contribution is 0.0470. The summed E-state index contributed by atoms with van der Waals surface area (Å²) in [6.45, 7) is 9.88. The van der Waals surface area contributed by atoms with Crippen molar-refractivity contribution in [2.45, 2.75) is 47.1 Å². The average Bonchev–Trinajstić information content (AvgIpc) is 3.09. The molecule has 2 aromatic carbocycles. The summed E-state index contributed by atoms with van der Waals surface area (Å²) in [5, 5.41) is 0.332. The van der Waals surface area contributed by atoms with Gasteiger partial charge in [-0.25, -0.2) is 4.39 Å². The lowest BCUT2D eigenvalue weighted by Crippen LogP contribution is -2.17. The van der Waals surface area contributed by atoms with E-state index in [0.717, 1.165) is 28.8 Å². The number of hydrogen-bond acceptors (Lipinski definition) is 2. The minimum Gasteiger partial charge on any atom is -0.406 e. The van der Waals surface area contributed by atoms with E-state index < -0.39 is 11.9 Å². The van der Waals surface area contributed by atoms with Gasteiger partial charge in [0.05, 0.1) is 10.7 Å². The molecule has 3 rings (SSSR count). The van der Waals surface area contributed by atoms with E-state index in [2.05, 4.69) is 13.0 Å². The third-order valence-corrected chi connectivity index (χ3v) is 5.52. The lowest BCUT2D eigenvalue weighted by atomic mass is 10.0. The summed E-state index contributed by atoms with van der Waals surface area (Å²) in [7, 11) is 0. The number of hydrogen-bond donors (Lipinski definition) is 1. The van der Waals surface area contributed by atoms with E-state index >= 15 is 0 Å². The minimum atomic E-state index is -0.554. The van der Waals surface area contributed by atoms with Crippen LogP contribution in [-0.4, -0.2) is 4.73 Å². The monoisotopic (exact) mass is 462 g/mol. The highest BCUT2D eigenvalue weighted by Crippen LogP contribution is 2.33. The largest absolute Gasteiger partial charge is 0.406 e. The van der Waals surface area contributed by atoms with Crippen molar-refractivity contribution in [3.05, 3.63) is 86.9 Å². The van der Waals surface area contributed by atoms with Gasteiger partial charge in [-0.15, -0.1) is 0 Å². The van der Waals surface area contributed by atoms with E-state index in [1.165, 1.54) is 12.1 Å². The summed E-state index contributed by atoms with van der Waals surface area (Å²) in [5.41, 5.74) is 11.2. The van der Waals surface area contributed by atoms with Gasteiger partial charge in [0.15, 0.2) is 6.10 Å². The SMILES string of the molecule is CC.CC/C(=C\c1c(C)ccn1OC(C)c1c(Cl)ccc(F)c1Cl)c1cccc(N)c1. The fourth-order valence-corrected chi connectivity index (χ4v) is 3.90. The maximum absolute atomic E-state index is 13.9. The van der Waals surface area contributed by atoms with Crippen molar-refractivity contribution in [2.24, 2.45) is 0 Å². The Morgan fingerprint density at radius 1 is 1.19 bits per heavy atom. The standard InChI is InChI=1S/C23H23Cl2FN2O.C2H6/c1-4-16(17-6-5-7-18(27)12-17)13-21-14(2)10-11-28(21)29-15(3)22-19(24)8-9-20(26)23(22)25;1-2/h5-13,15H,4,27H2,1-3H3;1-2H3/b16-13+;. The Balaban J connectivity index is 0.00000166. The lowest BCUT2D eigenvalue weighted by Gasteiger charge is -2.20. The molecule has 0 fully saturated rings. The second-order valence-electron chi connectivity index (χ2n) is 6.86. The van der Waals surface area contributed by atoms with Crippen LogP contribution in [0.4, 0.5) is 10.1 Å². The Bertz CT molecular complexity index is 1060. The molecule has 1 heterocycles. The highest BCUT2D eigenvalue weighted by Gasteiger charge is 2.20. The summed E-state index contributed by atoms with van der Waals surface area (Å²) in [6, 6.07) is 12.5. The second kappa shape index (κ2) is 11.3. The molecule has 6 heteroatoms. The van der Waals surface area contributed by atoms with Crippen molar-refractivity contribution in [3.63, 3.8) is 0 Å². The Labute approximate surface area is 194 Å². The van der Waals surface area contributed by atoms with Crippen LogP contribution in [0.2, 0.25) is 10.0 Å². The van der Waals surface area contributed by atoms with Crippen LogP contribution in [0, 0.1) is 12.7 Å². The minimum absolute atomic E-state index is 0.0278. The number of benzene rings is 2. The number of rotatable bonds is 6. The Kier molecular flexibility index (Phi) is 9.02. The van der Waals surface area contributed by atoms with E-state index in [9.17, 15) is 4.39 Å². The van der Waals surface area contributed by atoms with Gasteiger partial charge in [0.25, 0.3) is 0 Å². The molecule has 3 nitrogen and oxygen atoms in total. The molecule has 0 radical (unpaired) electrons. The smallest absolute Gasteiger partial charge is 0.150 e. The molecule has 0 spiro atoms. The summed E-state index contributed by atoms with van der Waals surface area (Å²) in [4.78, 5) is 6.09. The zero-order chi connectivity index (χ0) is 23.1. The van der Waals surface area contributed by atoms with Crippen molar-refractivity contribution >= 4 is 40.5 Å². The first-order chi connectivity index (χ1) is 14.8. The average molecular weight is 463 g/mol. The first kappa shape index (κ1) is 24.8. The van der Waals surface area contributed by atoms with Crippen molar-refractivity contribution < 1.29 is 9.23 Å². The molecule has 0 saturated heterocycles. The third-order valence-electron chi connectivity index (χ3n) is 4.81. The van der Waals surface area contributed by atoms with Gasteiger partial charge >= 0.3 is 0 Å². The molecule has 166 valence electrons. The van der Waals surface area contributed by atoms with Crippen molar-refractivity contribution in [2.75, 3.05) is 5.73 Å². The first-order valence-corrected chi connectivity index (χ1v) is 11.1. The number of aryl methyl sites for hydroxylation is 1. The molecule has 0 aliphatic rings. The van der Waals surface area contributed by atoms with E-state index in [1.54, 1.807) is 11.7 Å². The third kappa shape index (κ3) is 5.84. The molecule has 0 saturated carbocycles. The van der Waals surface area contributed by atoms with Gasteiger partial charge in [-0.1, -0.05) is 56.1 Å². The van der Waals surface area contributed by atoms with Crippen LogP contribution in [0.1, 0.15) is 62.6 Å².